The van der Waals surface area contributed by atoms with Gasteiger partial charge in [-0.3, -0.25) is 4.90 Å². The number of halogens is 2. The summed E-state index contributed by atoms with van der Waals surface area (Å²) in [6.07, 6.45) is 5.37. The Morgan fingerprint density at radius 2 is 1.80 bits per heavy atom. The highest BCUT2D eigenvalue weighted by Crippen LogP contribution is 2.29. The Morgan fingerprint density at radius 3 is 2.47 bits per heavy atom. The van der Waals surface area contributed by atoms with Gasteiger partial charge in [-0.05, 0) is 55.0 Å². The van der Waals surface area contributed by atoms with Crippen molar-refractivity contribution < 1.29 is 4.74 Å². The zero-order valence-electron chi connectivity index (χ0n) is 17.8. The molecule has 2 aliphatic rings. The largest absolute Gasteiger partial charge is 0.375 e. The Hall–Kier alpha value is -1.33. The van der Waals surface area contributed by atoms with Crippen LogP contribution in [0.25, 0.3) is 0 Å². The van der Waals surface area contributed by atoms with Gasteiger partial charge >= 0.3 is 0 Å². The van der Waals surface area contributed by atoms with Crippen LogP contribution in [0.4, 0.5) is 5.82 Å². The van der Waals surface area contributed by atoms with E-state index in [4.69, 9.17) is 27.9 Å². The maximum Gasteiger partial charge on any atom is 0.129 e. The van der Waals surface area contributed by atoms with E-state index in [0.29, 0.717) is 24.1 Å². The molecule has 0 N–H and O–H groups in total. The molecule has 3 heterocycles. The van der Waals surface area contributed by atoms with Crippen LogP contribution < -0.4 is 4.90 Å². The minimum absolute atomic E-state index is 0.305. The fourth-order valence-corrected chi connectivity index (χ4v) is 4.93. The van der Waals surface area contributed by atoms with Gasteiger partial charge < -0.3 is 9.64 Å². The molecule has 6 heteroatoms. The fraction of sp³-hybridized carbons (Fsp3) is 0.542. The van der Waals surface area contributed by atoms with Gasteiger partial charge in [0.15, 0.2) is 0 Å². The molecular weight excluding hydrogens is 417 g/mol. The lowest BCUT2D eigenvalue weighted by Crippen LogP contribution is -2.58. The maximum absolute atomic E-state index is 6.27. The molecule has 2 aromatic rings. The first-order chi connectivity index (χ1) is 14.5. The predicted octanol–water partition coefficient (Wildman–Crippen LogP) is 5.33. The highest BCUT2D eigenvalue weighted by atomic mass is 35.5. The van der Waals surface area contributed by atoms with E-state index in [0.717, 1.165) is 61.4 Å². The molecule has 0 aliphatic carbocycles. The summed E-state index contributed by atoms with van der Waals surface area (Å²) in [6.45, 7) is 8.34. The van der Waals surface area contributed by atoms with Crippen molar-refractivity contribution in [2.75, 3.05) is 31.1 Å². The van der Waals surface area contributed by atoms with Gasteiger partial charge in [-0.2, -0.15) is 0 Å². The number of nitrogens with zero attached hydrogens (tertiary/aromatic N) is 3. The van der Waals surface area contributed by atoms with Crippen molar-refractivity contribution in [1.82, 2.24) is 9.88 Å². The maximum atomic E-state index is 6.27. The van der Waals surface area contributed by atoms with E-state index < -0.39 is 0 Å². The van der Waals surface area contributed by atoms with Gasteiger partial charge in [0.2, 0.25) is 0 Å². The molecule has 0 saturated carbocycles. The second-order valence-electron chi connectivity index (χ2n) is 8.85. The average molecular weight is 448 g/mol. The molecule has 0 bridgehead atoms. The lowest BCUT2D eigenvalue weighted by molar-refractivity contribution is -0.0980. The molecule has 2 fully saturated rings. The monoisotopic (exact) mass is 447 g/mol. The number of rotatable bonds is 5. The molecule has 0 spiro atoms. The van der Waals surface area contributed by atoms with Crippen LogP contribution in [0.3, 0.4) is 0 Å². The van der Waals surface area contributed by atoms with Gasteiger partial charge in [0, 0.05) is 48.0 Å². The number of aromatic nitrogens is 1. The topological polar surface area (TPSA) is 28.6 Å². The zero-order valence-corrected chi connectivity index (χ0v) is 19.3. The van der Waals surface area contributed by atoms with E-state index in [1.54, 1.807) is 6.20 Å². The van der Waals surface area contributed by atoms with Crippen LogP contribution in [-0.4, -0.2) is 54.3 Å². The van der Waals surface area contributed by atoms with Gasteiger partial charge in [-0.25, -0.2) is 4.98 Å². The van der Waals surface area contributed by atoms with Crippen molar-refractivity contribution in [2.45, 2.75) is 51.3 Å². The van der Waals surface area contributed by atoms with Gasteiger partial charge in [0.25, 0.3) is 0 Å². The third kappa shape index (κ3) is 5.28. The summed E-state index contributed by atoms with van der Waals surface area (Å²) in [5.74, 6) is 1.51. The van der Waals surface area contributed by atoms with Crippen LogP contribution in [0, 0.1) is 5.92 Å². The fourth-order valence-electron chi connectivity index (χ4n) is 4.65. The number of anilines is 1. The molecule has 0 amide bonds. The summed E-state index contributed by atoms with van der Waals surface area (Å²) in [6, 6.07) is 13.0. The molecule has 2 saturated heterocycles. The average Bonchev–Trinajstić information content (AvgIpc) is 2.75. The summed E-state index contributed by atoms with van der Waals surface area (Å²) >= 11 is 12.2. The van der Waals surface area contributed by atoms with E-state index >= 15 is 0 Å². The summed E-state index contributed by atoms with van der Waals surface area (Å²) in [7, 11) is 0. The number of ether oxygens (including phenoxy) is 1. The molecule has 1 aromatic carbocycles. The molecule has 2 atom stereocenters. The van der Waals surface area contributed by atoms with E-state index in [2.05, 4.69) is 40.8 Å². The molecule has 30 heavy (non-hydrogen) atoms. The molecule has 162 valence electrons. The van der Waals surface area contributed by atoms with Crippen LogP contribution in [0.2, 0.25) is 10.0 Å². The molecular formula is C24H31Cl2N3O. The SMILES string of the molecule is CC(C)C1CN(C2CCN(c3cc(Cl)ccn3)CC2)[C@@H](Cc2ccc(Cl)cc2)CO1. The van der Waals surface area contributed by atoms with Crippen LogP contribution in [0.1, 0.15) is 32.3 Å². The Morgan fingerprint density at radius 1 is 1.07 bits per heavy atom. The minimum Gasteiger partial charge on any atom is -0.375 e. The Bertz CT molecular complexity index is 821. The van der Waals surface area contributed by atoms with E-state index in [1.807, 2.05) is 24.3 Å². The van der Waals surface area contributed by atoms with Gasteiger partial charge in [-0.1, -0.05) is 49.2 Å². The quantitative estimate of drug-likeness (QED) is 0.619. The first kappa shape index (κ1) is 21.9. The number of pyridine rings is 1. The minimum atomic E-state index is 0.305. The Balaban J connectivity index is 1.44. The summed E-state index contributed by atoms with van der Waals surface area (Å²) in [5, 5.41) is 1.54. The zero-order chi connectivity index (χ0) is 21.1. The van der Waals surface area contributed by atoms with Crippen molar-refractivity contribution in [3.8, 4) is 0 Å². The number of hydrogen-bond donors (Lipinski definition) is 0. The molecule has 4 rings (SSSR count). The van der Waals surface area contributed by atoms with Gasteiger partial charge in [-0.15, -0.1) is 0 Å². The standard InChI is InChI=1S/C24H31Cl2N3O/c1-17(2)23-15-29(22(16-30-23)13-18-3-5-19(25)6-4-18)21-8-11-28(12-9-21)24-14-20(26)7-10-27-24/h3-7,10,14,17,21-23H,8-9,11-13,15-16H2,1-2H3/t22-,23?/m0/s1. The Labute approximate surface area is 190 Å². The third-order valence-corrected chi connectivity index (χ3v) is 6.94. The van der Waals surface area contributed by atoms with E-state index in [9.17, 15) is 0 Å². The number of piperidine rings is 1. The molecule has 4 nitrogen and oxygen atoms in total. The van der Waals surface area contributed by atoms with Crippen molar-refractivity contribution in [3.05, 3.63) is 58.2 Å². The highest BCUT2D eigenvalue weighted by Gasteiger charge is 2.36. The number of hydrogen-bond acceptors (Lipinski definition) is 4. The number of morpholine rings is 1. The van der Waals surface area contributed by atoms with Crippen molar-refractivity contribution in [2.24, 2.45) is 5.92 Å². The van der Waals surface area contributed by atoms with E-state index in [1.165, 1.54) is 5.56 Å². The molecule has 2 aliphatic heterocycles. The van der Waals surface area contributed by atoms with Crippen molar-refractivity contribution in [3.63, 3.8) is 0 Å². The lowest BCUT2D eigenvalue weighted by Gasteiger charge is -2.47. The van der Waals surface area contributed by atoms with Gasteiger partial charge in [0.05, 0.1) is 12.7 Å². The van der Waals surface area contributed by atoms with Crippen LogP contribution in [0.5, 0.6) is 0 Å². The van der Waals surface area contributed by atoms with Crippen molar-refractivity contribution in [1.29, 1.82) is 0 Å². The second-order valence-corrected chi connectivity index (χ2v) is 9.72. The summed E-state index contributed by atoms with van der Waals surface area (Å²) < 4.78 is 6.27. The normalized spacial score (nSPS) is 23.8. The number of benzene rings is 1. The first-order valence-electron chi connectivity index (χ1n) is 11.0. The smallest absolute Gasteiger partial charge is 0.129 e. The first-order valence-corrected chi connectivity index (χ1v) is 11.7. The molecule has 1 aromatic heterocycles. The predicted molar refractivity (Wildman–Crippen MR) is 125 cm³/mol. The summed E-state index contributed by atoms with van der Waals surface area (Å²) in [5.41, 5.74) is 1.32. The van der Waals surface area contributed by atoms with Crippen LogP contribution in [-0.2, 0) is 11.2 Å². The van der Waals surface area contributed by atoms with E-state index in [-0.39, 0.29) is 0 Å². The highest BCUT2D eigenvalue weighted by molar-refractivity contribution is 6.30. The molecule has 1 unspecified atom stereocenters. The molecule has 0 radical (unpaired) electrons. The lowest BCUT2D eigenvalue weighted by atomic mass is 9.94. The van der Waals surface area contributed by atoms with Crippen LogP contribution >= 0.6 is 23.2 Å². The summed E-state index contributed by atoms with van der Waals surface area (Å²) in [4.78, 5) is 9.60. The van der Waals surface area contributed by atoms with Gasteiger partial charge in [0.1, 0.15) is 5.82 Å². The third-order valence-electron chi connectivity index (χ3n) is 6.46. The van der Waals surface area contributed by atoms with Crippen molar-refractivity contribution >= 4 is 29.0 Å². The second kappa shape index (κ2) is 9.86. The van der Waals surface area contributed by atoms with Crippen LogP contribution in [0.15, 0.2) is 42.6 Å². The Kier molecular flexibility index (Phi) is 7.20.